The summed E-state index contributed by atoms with van der Waals surface area (Å²) in [6.07, 6.45) is 0. The highest BCUT2D eigenvalue weighted by molar-refractivity contribution is 6.31. The number of carbonyl (C=O) groups excluding carboxylic acids is 3. The van der Waals surface area contributed by atoms with Gasteiger partial charge in [-0.2, -0.15) is 0 Å². The second kappa shape index (κ2) is 7.53. The van der Waals surface area contributed by atoms with E-state index >= 15 is 0 Å². The van der Waals surface area contributed by atoms with Crippen LogP contribution < -0.4 is 10.6 Å². The number of benzene rings is 1. The van der Waals surface area contributed by atoms with Crippen LogP contribution in [0.1, 0.15) is 44.6 Å². The number of nitrogens with one attached hydrogen (secondary N) is 3. The summed E-state index contributed by atoms with van der Waals surface area (Å²) in [5.74, 6) is -0.919. The number of hydrogen-bond acceptors (Lipinski definition) is 3. The minimum absolute atomic E-state index is 0.112. The second-order valence-corrected chi connectivity index (χ2v) is 6.23. The lowest BCUT2D eigenvalue weighted by atomic mass is 10.1. The summed E-state index contributed by atoms with van der Waals surface area (Å²) in [6.45, 7) is 6.48. The van der Waals surface area contributed by atoms with Gasteiger partial charge >= 0.3 is 0 Å². The first-order valence-electron chi connectivity index (χ1n) is 7.75. The van der Waals surface area contributed by atoms with Crippen molar-refractivity contribution in [3.05, 3.63) is 51.3 Å². The number of anilines is 1. The monoisotopic (exact) mass is 361 g/mol. The topological polar surface area (TPSA) is 91.1 Å². The van der Waals surface area contributed by atoms with E-state index in [0.717, 1.165) is 5.56 Å². The molecule has 0 fully saturated rings. The Kier molecular flexibility index (Phi) is 5.64. The van der Waals surface area contributed by atoms with Crippen LogP contribution in [0.25, 0.3) is 0 Å². The molecule has 0 atom stereocenters. The van der Waals surface area contributed by atoms with E-state index in [9.17, 15) is 14.4 Å². The molecule has 2 aromatic rings. The Hall–Kier alpha value is -2.60. The molecule has 2 rings (SSSR count). The zero-order valence-electron chi connectivity index (χ0n) is 14.5. The molecule has 132 valence electrons. The fourth-order valence-corrected chi connectivity index (χ4v) is 2.87. The summed E-state index contributed by atoms with van der Waals surface area (Å²) >= 11 is 6.01. The molecule has 1 aromatic heterocycles. The van der Waals surface area contributed by atoms with E-state index in [1.807, 2.05) is 0 Å². The van der Waals surface area contributed by atoms with Gasteiger partial charge in [0.15, 0.2) is 5.78 Å². The van der Waals surface area contributed by atoms with Crippen molar-refractivity contribution in [2.75, 3.05) is 11.9 Å². The van der Waals surface area contributed by atoms with Gasteiger partial charge in [0.2, 0.25) is 5.91 Å². The van der Waals surface area contributed by atoms with E-state index in [2.05, 4.69) is 15.6 Å². The van der Waals surface area contributed by atoms with Crippen LogP contribution in [0.3, 0.4) is 0 Å². The molecule has 1 heterocycles. The van der Waals surface area contributed by atoms with Crippen molar-refractivity contribution in [2.24, 2.45) is 0 Å². The summed E-state index contributed by atoms with van der Waals surface area (Å²) in [7, 11) is 0. The van der Waals surface area contributed by atoms with Crippen molar-refractivity contribution in [1.82, 2.24) is 10.3 Å². The number of amides is 2. The Morgan fingerprint density at radius 3 is 2.40 bits per heavy atom. The highest BCUT2D eigenvalue weighted by Gasteiger charge is 2.20. The molecule has 0 bridgehead atoms. The minimum atomic E-state index is -0.439. The molecule has 0 spiro atoms. The SMILES string of the molecule is CC(=O)c1c(C)[nH]c(C(=O)NCC(=O)Nc2cccc(Cl)c2C)c1C. The highest BCUT2D eigenvalue weighted by atomic mass is 35.5. The predicted octanol–water partition coefficient (Wildman–Crippen LogP) is 3.16. The first-order valence-corrected chi connectivity index (χ1v) is 8.13. The molecule has 2 amide bonds. The number of carbonyl (C=O) groups is 3. The van der Waals surface area contributed by atoms with Gasteiger partial charge in [-0.15, -0.1) is 0 Å². The zero-order valence-corrected chi connectivity index (χ0v) is 15.3. The number of aryl methyl sites for hydroxylation is 1. The molecule has 0 unspecified atom stereocenters. The van der Waals surface area contributed by atoms with Crippen LogP contribution >= 0.6 is 11.6 Å². The number of Topliss-reactive ketones (excluding diaryl/α,β-unsaturated/α-hetero) is 1. The highest BCUT2D eigenvalue weighted by Crippen LogP contribution is 2.22. The third-order valence-corrected chi connectivity index (χ3v) is 4.38. The van der Waals surface area contributed by atoms with E-state index in [-0.39, 0.29) is 23.9 Å². The van der Waals surface area contributed by atoms with Crippen LogP contribution in [0.5, 0.6) is 0 Å². The Morgan fingerprint density at radius 1 is 1.12 bits per heavy atom. The first kappa shape index (κ1) is 18.7. The van der Waals surface area contributed by atoms with Gasteiger partial charge in [-0.05, 0) is 51.0 Å². The van der Waals surface area contributed by atoms with Crippen LogP contribution in [-0.2, 0) is 4.79 Å². The van der Waals surface area contributed by atoms with E-state index in [0.29, 0.717) is 27.5 Å². The number of H-pyrrole nitrogens is 1. The average molecular weight is 362 g/mol. The lowest BCUT2D eigenvalue weighted by Gasteiger charge is -2.10. The lowest BCUT2D eigenvalue weighted by Crippen LogP contribution is -2.33. The standard InChI is InChI=1S/C18H20ClN3O3/c1-9-13(19)6-5-7-14(9)22-15(24)8-20-18(25)17-10(2)16(12(4)23)11(3)21-17/h5-7,21H,8H2,1-4H3,(H,20,25)(H,22,24). The second-order valence-electron chi connectivity index (χ2n) is 5.82. The van der Waals surface area contributed by atoms with Gasteiger partial charge in [0.25, 0.3) is 5.91 Å². The molecular formula is C18H20ClN3O3. The quantitative estimate of drug-likeness (QED) is 0.714. The summed E-state index contributed by atoms with van der Waals surface area (Å²) in [5.41, 5.74) is 3.35. The number of aromatic nitrogens is 1. The van der Waals surface area contributed by atoms with Gasteiger partial charge in [-0.1, -0.05) is 17.7 Å². The number of aromatic amines is 1. The molecule has 0 saturated carbocycles. The van der Waals surface area contributed by atoms with Crippen molar-refractivity contribution in [3.63, 3.8) is 0 Å². The molecule has 6 nitrogen and oxygen atoms in total. The van der Waals surface area contributed by atoms with Crippen LogP contribution in [-0.4, -0.2) is 29.1 Å². The van der Waals surface area contributed by atoms with Gasteiger partial charge in [0.05, 0.1) is 6.54 Å². The van der Waals surface area contributed by atoms with E-state index in [4.69, 9.17) is 11.6 Å². The summed E-state index contributed by atoms with van der Waals surface area (Å²) in [6, 6.07) is 5.20. The smallest absolute Gasteiger partial charge is 0.268 e. The normalized spacial score (nSPS) is 10.4. The van der Waals surface area contributed by atoms with E-state index in [1.54, 1.807) is 39.0 Å². The predicted molar refractivity (Wildman–Crippen MR) is 97.4 cm³/mol. The molecule has 25 heavy (non-hydrogen) atoms. The molecule has 1 aromatic carbocycles. The Morgan fingerprint density at radius 2 is 1.80 bits per heavy atom. The van der Waals surface area contributed by atoms with Gasteiger partial charge in [0, 0.05) is 22.0 Å². The molecule has 0 aliphatic heterocycles. The lowest BCUT2D eigenvalue weighted by molar-refractivity contribution is -0.115. The third kappa shape index (κ3) is 4.09. The van der Waals surface area contributed by atoms with E-state index in [1.165, 1.54) is 6.92 Å². The molecule has 0 radical (unpaired) electrons. The molecule has 0 aliphatic carbocycles. The summed E-state index contributed by atoms with van der Waals surface area (Å²) in [5, 5.41) is 5.80. The molecular weight excluding hydrogens is 342 g/mol. The third-order valence-electron chi connectivity index (χ3n) is 3.97. The van der Waals surface area contributed by atoms with Crippen LogP contribution in [0.2, 0.25) is 5.02 Å². The van der Waals surface area contributed by atoms with Crippen molar-refractivity contribution in [2.45, 2.75) is 27.7 Å². The van der Waals surface area contributed by atoms with Crippen LogP contribution in [0.15, 0.2) is 18.2 Å². The van der Waals surface area contributed by atoms with E-state index < -0.39 is 5.91 Å². The molecule has 0 aliphatic rings. The van der Waals surface area contributed by atoms with Gasteiger partial charge in [0.1, 0.15) is 5.69 Å². The fraction of sp³-hybridized carbons (Fsp3) is 0.278. The first-order chi connectivity index (χ1) is 11.7. The van der Waals surface area contributed by atoms with Crippen molar-refractivity contribution in [3.8, 4) is 0 Å². The van der Waals surface area contributed by atoms with Gasteiger partial charge in [-0.25, -0.2) is 0 Å². The van der Waals surface area contributed by atoms with Crippen LogP contribution in [0, 0.1) is 20.8 Å². The number of halogens is 1. The summed E-state index contributed by atoms with van der Waals surface area (Å²) in [4.78, 5) is 38.8. The Labute approximate surface area is 151 Å². The van der Waals surface area contributed by atoms with Crippen molar-refractivity contribution in [1.29, 1.82) is 0 Å². The molecule has 0 saturated heterocycles. The zero-order chi connectivity index (χ0) is 18.7. The van der Waals surface area contributed by atoms with Crippen molar-refractivity contribution >= 4 is 34.9 Å². The van der Waals surface area contributed by atoms with Crippen LogP contribution in [0.4, 0.5) is 5.69 Å². The maximum Gasteiger partial charge on any atom is 0.268 e. The average Bonchev–Trinajstić information content (AvgIpc) is 2.84. The molecule has 3 N–H and O–H groups in total. The van der Waals surface area contributed by atoms with Crippen molar-refractivity contribution < 1.29 is 14.4 Å². The molecule has 7 heteroatoms. The number of ketones is 1. The number of hydrogen-bond donors (Lipinski definition) is 3. The summed E-state index contributed by atoms with van der Waals surface area (Å²) < 4.78 is 0. The maximum absolute atomic E-state index is 12.3. The largest absolute Gasteiger partial charge is 0.354 e. The Bertz CT molecular complexity index is 855. The minimum Gasteiger partial charge on any atom is -0.354 e. The van der Waals surface area contributed by atoms with Gasteiger partial charge < -0.3 is 15.6 Å². The Balaban J connectivity index is 2.03. The fourth-order valence-electron chi connectivity index (χ4n) is 2.69. The van der Waals surface area contributed by atoms with Gasteiger partial charge in [-0.3, -0.25) is 14.4 Å². The maximum atomic E-state index is 12.3. The number of rotatable bonds is 5.